The van der Waals surface area contributed by atoms with Crippen molar-refractivity contribution in [3.8, 4) is 0 Å². The fourth-order valence-electron chi connectivity index (χ4n) is 5.47. The van der Waals surface area contributed by atoms with E-state index in [1.807, 2.05) is 0 Å². The summed E-state index contributed by atoms with van der Waals surface area (Å²) in [4.78, 5) is 0. The van der Waals surface area contributed by atoms with Crippen molar-refractivity contribution in [1.82, 2.24) is 4.57 Å². The first kappa shape index (κ1) is 28.2. The summed E-state index contributed by atoms with van der Waals surface area (Å²) in [7, 11) is 8.18. The Balaban J connectivity index is 0.000000860. The zero-order valence-corrected chi connectivity index (χ0v) is 22.9. The first-order valence-corrected chi connectivity index (χ1v) is 17.9. The van der Waals surface area contributed by atoms with E-state index in [2.05, 4.69) is 41.2 Å². The number of alkyl halides is 3. The van der Waals surface area contributed by atoms with E-state index in [0.29, 0.717) is 17.4 Å². The quantitative estimate of drug-likeness (QED) is 0.283. The van der Waals surface area contributed by atoms with Gasteiger partial charge in [-0.3, -0.25) is 0 Å². The molecule has 0 bridgehead atoms. The number of hydrogen-bond donors (Lipinski definition) is 0. The van der Waals surface area contributed by atoms with Gasteiger partial charge < -0.3 is 17.3 Å². The summed E-state index contributed by atoms with van der Waals surface area (Å²) in [5.74, 6) is 0.927. The molecule has 1 saturated carbocycles. The molecule has 178 valence electrons. The molecule has 0 spiro atoms. The Bertz CT molecular complexity index is 793. The average Bonchev–Trinajstić information content (AvgIpc) is 3.20. The van der Waals surface area contributed by atoms with Crippen LogP contribution in [-0.2, 0) is 23.2 Å². The molecule has 3 unspecified atom stereocenters. The van der Waals surface area contributed by atoms with Gasteiger partial charge in [-0.1, -0.05) is 49.9 Å². The molecule has 3 atom stereocenters. The summed E-state index contributed by atoms with van der Waals surface area (Å²) in [5, 5.41) is 4.50. The van der Waals surface area contributed by atoms with E-state index in [0.717, 1.165) is 38.2 Å². The Morgan fingerprint density at radius 1 is 1.06 bits per heavy atom. The predicted octanol–water partition coefficient (Wildman–Crippen LogP) is 7.78. The third-order valence-electron chi connectivity index (χ3n) is 7.05. The van der Waals surface area contributed by atoms with Crippen molar-refractivity contribution in [2.45, 2.75) is 37.7 Å². The topological polar surface area (TPSA) is 17.3 Å². The van der Waals surface area contributed by atoms with Crippen LogP contribution in [0.15, 0.2) is 42.5 Å². The second-order valence-electron chi connectivity index (χ2n) is 8.83. The number of rotatable bonds is 3. The number of allylic oxidation sites excluding steroid dienone is 4. The van der Waals surface area contributed by atoms with Gasteiger partial charge in [0.05, 0.1) is 5.56 Å². The second kappa shape index (κ2) is 12.1. The number of benzene rings is 1. The molecule has 0 aromatic heterocycles. The van der Waals surface area contributed by atoms with Crippen LogP contribution in [0.3, 0.4) is 0 Å². The Morgan fingerprint density at radius 3 is 2.22 bits per heavy atom. The van der Waals surface area contributed by atoms with Gasteiger partial charge in [-0.15, -0.1) is 13.1 Å². The van der Waals surface area contributed by atoms with E-state index < -0.39 is 37.0 Å². The van der Waals surface area contributed by atoms with Gasteiger partial charge in [0.2, 0.25) is 0 Å². The van der Waals surface area contributed by atoms with E-state index in [1.54, 1.807) is 12.1 Å². The summed E-state index contributed by atoms with van der Waals surface area (Å²) in [5.41, 5.74) is 2.25. The molecule has 0 N–H and O–H groups in total. The van der Waals surface area contributed by atoms with Crippen molar-refractivity contribution in [2.24, 2.45) is 11.8 Å². The molecule has 2 aliphatic carbocycles. The van der Waals surface area contributed by atoms with Gasteiger partial charge in [0, 0.05) is 0 Å². The minimum absolute atomic E-state index is 0. The van der Waals surface area contributed by atoms with Gasteiger partial charge in [-0.25, -0.2) is 0 Å². The van der Waals surface area contributed by atoms with Crippen LogP contribution in [0.1, 0.15) is 24.0 Å². The van der Waals surface area contributed by atoms with Crippen molar-refractivity contribution in [3.63, 3.8) is 0 Å². The first-order chi connectivity index (χ1) is 14.7. The monoisotopic (exact) mass is 538 g/mol. The van der Waals surface area contributed by atoms with Crippen molar-refractivity contribution >= 4 is 32.4 Å². The van der Waals surface area contributed by atoms with Crippen molar-refractivity contribution in [3.05, 3.63) is 66.4 Å². The molecule has 3 aliphatic rings. The molecular weight excluding hydrogens is 508 g/mol. The Hall–Kier alpha value is -0.0788. The molecule has 1 aliphatic heterocycles. The fourth-order valence-corrected chi connectivity index (χ4v) is 9.45. The summed E-state index contributed by atoms with van der Waals surface area (Å²) in [6.07, 6.45) is 4.66. The number of hydrogen-bond acceptors (Lipinski definition) is 1. The van der Waals surface area contributed by atoms with Gasteiger partial charge in [0.25, 0.3) is 0 Å². The van der Waals surface area contributed by atoms with Crippen molar-refractivity contribution < 1.29 is 30.2 Å². The molecule has 1 aromatic carbocycles. The van der Waals surface area contributed by atoms with Gasteiger partial charge in [-0.2, -0.15) is 13.2 Å². The van der Waals surface area contributed by atoms with E-state index >= 15 is 0 Å². The molecule has 1 aromatic rings. The predicted molar refractivity (Wildman–Crippen MR) is 129 cm³/mol. The standard InChI is InChI=1S/C22H28F3N2Si.CH3.2ClH.Ti/c1-28(2,27-14-12-26-13-15-27)21-11-10-19-18(4-3-5-20(19)21)16-6-8-17(9-7-16)22(23,24)25;;;;/h3-9,19-21H,10-15H2,1-2H3;1H3;2*1H;/q2*-1;;;+2/p-2. The summed E-state index contributed by atoms with van der Waals surface area (Å²) in [6, 6.07) is 5.72. The third kappa shape index (κ3) is 6.32. The molecule has 4 rings (SSSR count). The van der Waals surface area contributed by atoms with Gasteiger partial charge in [0.1, 0.15) is 8.24 Å². The van der Waals surface area contributed by atoms with Gasteiger partial charge in [-0.05, 0) is 60.2 Å². The van der Waals surface area contributed by atoms with Crippen LogP contribution in [0.2, 0.25) is 18.6 Å². The van der Waals surface area contributed by atoms with Gasteiger partial charge >= 0.3 is 41.8 Å². The summed E-state index contributed by atoms with van der Waals surface area (Å²) < 4.78 is 41.4. The van der Waals surface area contributed by atoms with E-state index in [4.69, 9.17) is 18.6 Å². The van der Waals surface area contributed by atoms with Crippen LogP contribution in [0.5, 0.6) is 0 Å². The molecule has 2 fully saturated rings. The summed E-state index contributed by atoms with van der Waals surface area (Å²) >= 11 is -0.556. The van der Waals surface area contributed by atoms with Crippen molar-refractivity contribution in [2.75, 3.05) is 26.2 Å². The molecular formula is C23H31Cl2F3N2SiTi-2. The zero-order chi connectivity index (χ0) is 22.6. The molecule has 32 heavy (non-hydrogen) atoms. The van der Waals surface area contributed by atoms with Crippen LogP contribution in [0, 0.1) is 19.3 Å². The Kier molecular flexibility index (Phi) is 10.6. The maximum atomic E-state index is 12.9. The van der Waals surface area contributed by atoms with Crippen LogP contribution in [0.25, 0.3) is 10.9 Å². The zero-order valence-electron chi connectivity index (χ0n) is 18.8. The summed E-state index contributed by atoms with van der Waals surface area (Å²) in [6.45, 7) is 9.05. The average molecular weight is 539 g/mol. The SMILES string of the molecule is C[Si](C)(C1CCC2C(c3ccc(C(F)(F)F)cc3)=CC=CC21)N1CC[N-]CC1.[CH3-].[Cl][Ti][Cl]. The number of halogens is 5. The van der Waals surface area contributed by atoms with E-state index in [-0.39, 0.29) is 7.43 Å². The molecule has 9 heteroatoms. The van der Waals surface area contributed by atoms with Crippen LogP contribution in [0.4, 0.5) is 13.2 Å². The third-order valence-corrected chi connectivity index (χ3v) is 11.6. The fraction of sp³-hybridized carbons (Fsp3) is 0.522. The van der Waals surface area contributed by atoms with E-state index in [1.165, 1.54) is 24.1 Å². The van der Waals surface area contributed by atoms with Crippen LogP contribution < -0.4 is 0 Å². The van der Waals surface area contributed by atoms with E-state index in [9.17, 15) is 13.2 Å². The van der Waals surface area contributed by atoms with Crippen molar-refractivity contribution in [1.29, 1.82) is 0 Å². The number of fused-ring (bicyclic) bond motifs is 1. The molecule has 1 heterocycles. The minimum atomic E-state index is -4.28. The van der Waals surface area contributed by atoms with Crippen LogP contribution in [-0.4, -0.2) is 39.0 Å². The first-order valence-electron chi connectivity index (χ1n) is 10.6. The van der Waals surface area contributed by atoms with Gasteiger partial charge in [0.15, 0.2) is 0 Å². The second-order valence-corrected chi connectivity index (χ2v) is 16.1. The maximum absolute atomic E-state index is 12.9. The number of piperazine rings is 1. The Morgan fingerprint density at radius 2 is 1.66 bits per heavy atom. The normalized spacial score (nSPS) is 25.7. The Labute approximate surface area is 208 Å². The molecule has 0 radical (unpaired) electrons. The molecule has 1 saturated heterocycles. The number of nitrogens with zero attached hydrogens (tertiary/aromatic N) is 2. The molecule has 2 nitrogen and oxygen atoms in total. The van der Waals surface area contributed by atoms with Crippen LogP contribution >= 0.6 is 18.6 Å². The molecule has 0 amide bonds.